The number of hydrogen-bond donors (Lipinski definition) is 0. The van der Waals surface area contributed by atoms with Gasteiger partial charge in [-0.05, 0) is 35.9 Å². The number of hydrogen-bond acceptors (Lipinski definition) is 3. The average molecular weight is 297 g/mol. The largest absolute Gasteiger partial charge is 0.244 e. The quantitative estimate of drug-likeness (QED) is 0.484. The molecule has 4 rings (SSSR count). The maximum Gasteiger partial charge on any atom is 0.143 e. The molecule has 0 bridgehead atoms. The summed E-state index contributed by atoms with van der Waals surface area (Å²) in [6.45, 7) is 0. The highest BCUT2D eigenvalue weighted by Gasteiger charge is 2.08. The van der Waals surface area contributed by atoms with Gasteiger partial charge in [0, 0.05) is 9.90 Å². The molecule has 0 radical (unpaired) electrons. The Hall–Kier alpha value is -1.97. The fraction of sp³-hybridized carbons (Fsp3) is 0. The molecule has 0 saturated heterocycles. The standard InChI is InChI=1S/C16H9ClN2S/c17-11-7-5-10(6-8-11)15-9-14-16(20-15)19-13-4-2-1-3-12(13)18-14/h1-9H. The van der Waals surface area contributed by atoms with Crippen LogP contribution in [0.5, 0.6) is 0 Å². The van der Waals surface area contributed by atoms with E-state index in [-0.39, 0.29) is 0 Å². The molecule has 0 spiro atoms. The van der Waals surface area contributed by atoms with Crippen LogP contribution in [0.25, 0.3) is 31.8 Å². The van der Waals surface area contributed by atoms with E-state index in [9.17, 15) is 0 Å². The zero-order valence-electron chi connectivity index (χ0n) is 10.4. The van der Waals surface area contributed by atoms with Gasteiger partial charge in [-0.3, -0.25) is 0 Å². The third kappa shape index (κ3) is 1.96. The molecule has 2 heterocycles. The van der Waals surface area contributed by atoms with Crippen molar-refractivity contribution in [3.63, 3.8) is 0 Å². The summed E-state index contributed by atoms with van der Waals surface area (Å²) in [5.74, 6) is 0. The molecule has 4 aromatic rings. The zero-order valence-corrected chi connectivity index (χ0v) is 11.9. The second-order valence-corrected chi connectivity index (χ2v) is 5.99. The van der Waals surface area contributed by atoms with Crippen molar-refractivity contribution in [1.29, 1.82) is 0 Å². The lowest BCUT2D eigenvalue weighted by molar-refractivity contribution is 1.42. The number of halogens is 1. The van der Waals surface area contributed by atoms with Crippen LogP contribution in [0.15, 0.2) is 54.6 Å². The minimum Gasteiger partial charge on any atom is -0.244 e. The van der Waals surface area contributed by atoms with Crippen molar-refractivity contribution in [1.82, 2.24) is 9.97 Å². The van der Waals surface area contributed by atoms with Crippen LogP contribution in [0.2, 0.25) is 5.02 Å². The second kappa shape index (κ2) is 4.54. The van der Waals surface area contributed by atoms with E-state index in [1.165, 1.54) is 0 Å². The Bertz CT molecular complexity index is 860. The lowest BCUT2D eigenvalue weighted by atomic mass is 10.2. The van der Waals surface area contributed by atoms with E-state index in [1.54, 1.807) is 11.3 Å². The average Bonchev–Trinajstić information content (AvgIpc) is 2.88. The topological polar surface area (TPSA) is 25.8 Å². The van der Waals surface area contributed by atoms with Crippen LogP contribution in [0.3, 0.4) is 0 Å². The summed E-state index contributed by atoms with van der Waals surface area (Å²) in [4.78, 5) is 11.5. The predicted molar refractivity (Wildman–Crippen MR) is 85.4 cm³/mol. The highest BCUT2D eigenvalue weighted by Crippen LogP contribution is 2.33. The fourth-order valence-electron chi connectivity index (χ4n) is 2.18. The summed E-state index contributed by atoms with van der Waals surface area (Å²) in [6, 6.07) is 17.9. The van der Waals surface area contributed by atoms with Gasteiger partial charge in [-0.15, -0.1) is 11.3 Å². The normalized spacial score (nSPS) is 11.2. The maximum absolute atomic E-state index is 5.93. The van der Waals surface area contributed by atoms with Gasteiger partial charge in [-0.25, -0.2) is 9.97 Å². The summed E-state index contributed by atoms with van der Waals surface area (Å²) in [5, 5.41) is 0.747. The van der Waals surface area contributed by atoms with E-state index >= 15 is 0 Å². The molecule has 0 aliphatic rings. The van der Waals surface area contributed by atoms with E-state index in [4.69, 9.17) is 11.6 Å². The molecule has 0 aliphatic heterocycles. The van der Waals surface area contributed by atoms with Crippen LogP contribution in [-0.4, -0.2) is 9.97 Å². The summed E-state index contributed by atoms with van der Waals surface area (Å²) >= 11 is 7.58. The van der Waals surface area contributed by atoms with Gasteiger partial charge >= 0.3 is 0 Å². The van der Waals surface area contributed by atoms with Crippen molar-refractivity contribution in [3.8, 4) is 10.4 Å². The number of thiophene rings is 1. The smallest absolute Gasteiger partial charge is 0.143 e. The summed E-state index contributed by atoms with van der Waals surface area (Å²) in [6.07, 6.45) is 0. The first-order valence-electron chi connectivity index (χ1n) is 6.22. The molecule has 0 aliphatic carbocycles. The molecule has 0 N–H and O–H groups in total. The predicted octanol–water partition coefficient (Wildman–Crippen LogP) is 5.16. The van der Waals surface area contributed by atoms with Crippen LogP contribution in [0, 0.1) is 0 Å². The van der Waals surface area contributed by atoms with Gasteiger partial charge in [0.1, 0.15) is 10.3 Å². The maximum atomic E-state index is 5.93. The van der Waals surface area contributed by atoms with E-state index in [2.05, 4.69) is 16.0 Å². The lowest BCUT2D eigenvalue weighted by Gasteiger charge is -1.95. The van der Waals surface area contributed by atoms with E-state index in [1.807, 2.05) is 48.5 Å². The van der Waals surface area contributed by atoms with Gasteiger partial charge in [0.05, 0.1) is 11.0 Å². The summed E-state index contributed by atoms with van der Waals surface area (Å²) < 4.78 is 0. The molecule has 0 fully saturated rings. The van der Waals surface area contributed by atoms with Crippen molar-refractivity contribution in [2.75, 3.05) is 0 Å². The minimum absolute atomic E-state index is 0.747. The fourth-order valence-corrected chi connectivity index (χ4v) is 3.29. The van der Waals surface area contributed by atoms with Crippen LogP contribution in [0.1, 0.15) is 0 Å². The van der Waals surface area contributed by atoms with Gasteiger partial charge in [0.2, 0.25) is 0 Å². The van der Waals surface area contributed by atoms with Crippen LogP contribution < -0.4 is 0 Å². The molecule has 2 aromatic carbocycles. The molecule has 0 atom stereocenters. The first kappa shape index (κ1) is 11.8. The van der Waals surface area contributed by atoms with Crippen molar-refractivity contribution < 1.29 is 0 Å². The molecule has 0 saturated carbocycles. The second-order valence-electron chi connectivity index (χ2n) is 4.52. The molecule has 2 nitrogen and oxygen atoms in total. The van der Waals surface area contributed by atoms with Gasteiger partial charge < -0.3 is 0 Å². The number of rotatable bonds is 1. The van der Waals surface area contributed by atoms with Crippen molar-refractivity contribution >= 4 is 44.3 Å². The SMILES string of the molecule is Clc1ccc(-c2cc3nc4ccccc4nc3s2)cc1. The van der Waals surface area contributed by atoms with Crippen LogP contribution in [-0.2, 0) is 0 Å². The Labute approximate surface area is 124 Å². The van der Waals surface area contributed by atoms with Crippen LogP contribution >= 0.6 is 22.9 Å². The highest BCUT2D eigenvalue weighted by molar-refractivity contribution is 7.21. The van der Waals surface area contributed by atoms with E-state index in [0.717, 1.165) is 36.8 Å². The molecular weight excluding hydrogens is 288 g/mol. The molecular formula is C16H9ClN2S. The molecule has 96 valence electrons. The molecule has 0 amide bonds. The first-order chi connectivity index (χ1) is 9.79. The number of nitrogens with zero attached hydrogens (tertiary/aromatic N) is 2. The monoisotopic (exact) mass is 296 g/mol. The zero-order chi connectivity index (χ0) is 13.5. The Morgan fingerprint density at radius 2 is 1.50 bits per heavy atom. The Kier molecular flexibility index (Phi) is 2.69. The Morgan fingerprint density at radius 3 is 2.25 bits per heavy atom. The van der Waals surface area contributed by atoms with Gasteiger partial charge in [-0.2, -0.15) is 0 Å². The molecule has 0 unspecified atom stereocenters. The van der Waals surface area contributed by atoms with Gasteiger partial charge in [0.15, 0.2) is 0 Å². The number of aromatic nitrogens is 2. The molecule has 20 heavy (non-hydrogen) atoms. The third-order valence-electron chi connectivity index (χ3n) is 3.17. The number of para-hydroxylation sites is 2. The lowest BCUT2D eigenvalue weighted by Crippen LogP contribution is -1.81. The number of benzene rings is 2. The van der Waals surface area contributed by atoms with Gasteiger partial charge in [0.25, 0.3) is 0 Å². The summed E-state index contributed by atoms with van der Waals surface area (Å²) in [5.41, 5.74) is 3.95. The molecule has 4 heteroatoms. The number of fused-ring (bicyclic) bond motifs is 2. The summed E-state index contributed by atoms with van der Waals surface area (Å²) in [7, 11) is 0. The van der Waals surface area contributed by atoms with Crippen molar-refractivity contribution in [2.45, 2.75) is 0 Å². The van der Waals surface area contributed by atoms with Gasteiger partial charge in [-0.1, -0.05) is 35.9 Å². The molecule has 2 aromatic heterocycles. The highest BCUT2D eigenvalue weighted by atomic mass is 35.5. The first-order valence-corrected chi connectivity index (χ1v) is 7.41. The van der Waals surface area contributed by atoms with Crippen molar-refractivity contribution in [3.05, 3.63) is 59.6 Å². The Morgan fingerprint density at radius 1 is 0.800 bits per heavy atom. The minimum atomic E-state index is 0.747. The van der Waals surface area contributed by atoms with Crippen molar-refractivity contribution in [2.24, 2.45) is 0 Å². The third-order valence-corrected chi connectivity index (χ3v) is 4.49. The van der Waals surface area contributed by atoms with Crippen LogP contribution in [0.4, 0.5) is 0 Å². The van der Waals surface area contributed by atoms with E-state index < -0.39 is 0 Å². The Balaban J connectivity index is 1.93. The van der Waals surface area contributed by atoms with E-state index in [0.29, 0.717) is 0 Å².